The molecule has 0 bridgehead atoms. The van der Waals surface area contributed by atoms with Crippen molar-refractivity contribution in [3.63, 3.8) is 0 Å². The van der Waals surface area contributed by atoms with Crippen molar-refractivity contribution >= 4 is 11.8 Å². The average molecular weight is 238 g/mol. The van der Waals surface area contributed by atoms with E-state index in [1.54, 1.807) is 6.92 Å². The minimum atomic E-state index is -0.534. The summed E-state index contributed by atoms with van der Waals surface area (Å²) in [6, 6.07) is -0.368. The summed E-state index contributed by atoms with van der Waals surface area (Å²) >= 11 is 0. The first-order valence-corrected chi connectivity index (χ1v) is 6.60. The third kappa shape index (κ3) is 1.94. The highest BCUT2D eigenvalue weighted by atomic mass is 16.2. The summed E-state index contributed by atoms with van der Waals surface area (Å²) in [5.74, 6) is 0.539. The molecule has 1 heterocycles. The van der Waals surface area contributed by atoms with Crippen LogP contribution in [0.5, 0.6) is 0 Å². The van der Waals surface area contributed by atoms with Crippen molar-refractivity contribution in [2.75, 3.05) is 6.54 Å². The molecule has 2 rings (SSSR count). The summed E-state index contributed by atoms with van der Waals surface area (Å²) in [6.07, 6.45) is 3.74. The van der Waals surface area contributed by atoms with E-state index in [0.717, 1.165) is 25.7 Å². The molecule has 17 heavy (non-hydrogen) atoms. The van der Waals surface area contributed by atoms with Crippen LogP contribution in [0.4, 0.5) is 0 Å². The monoisotopic (exact) mass is 238 g/mol. The van der Waals surface area contributed by atoms with E-state index in [2.05, 4.69) is 19.2 Å². The third-order valence-electron chi connectivity index (χ3n) is 3.90. The summed E-state index contributed by atoms with van der Waals surface area (Å²) in [5.41, 5.74) is -0.534. The van der Waals surface area contributed by atoms with Gasteiger partial charge in [-0.05, 0) is 25.7 Å². The van der Waals surface area contributed by atoms with Crippen LogP contribution in [-0.2, 0) is 9.59 Å². The number of piperazine rings is 1. The molecule has 2 amide bonds. The highest BCUT2D eigenvalue weighted by Gasteiger charge is 2.52. The molecule has 4 heteroatoms. The summed E-state index contributed by atoms with van der Waals surface area (Å²) in [5, 5.41) is 2.83. The van der Waals surface area contributed by atoms with Crippen molar-refractivity contribution in [2.24, 2.45) is 5.92 Å². The Kier molecular flexibility index (Phi) is 3.15. The molecule has 0 aromatic heterocycles. The second-order valence-electron chi connectivity index (χ2n) is 5.78. The molecule has 96 valence electrons. The number of nitrogens with one attached hydrogen (secondary N) is 1. The molecule has 1 atom stereocenters. The predicted molar refractivity (Wildman–Crippen MR) is 65.4 cm³/mol. The van der Waals surface area contributed by atoms with Crippen molar-refractivity contribution in [3.05, 3.63) is 0 Å². The fourth-order valence-electron chi connectivity index (χ4n) is 3.05. The van der Waals surface area contributed by atoms with Gasteiger partial charge in [0.15, 0.2) is 0 Å². The van der Waals surface area contributed by atoms with Gasteiger partial charge in [0, 0.05) is 6.54 Å². The molecule has 1 saturated heterocycles. The standard InChI is InChI=1S/C13H22N2O2/c1-9(2)8-15-11(16)10(3)14-12(17)13(15)6-4-5-7-13/h9-10H,4-8H2,1-3H3,(H,14,17). The van der Waals surface area contributed by atoms with Gasteiger partial charge in [0.25, 0.3) is 0 Å². The minimum absolute atomic E-state index is 0.0581. The van der Waals surface area contributed by atoms with E-state index < -0.39 is 5.54 Å². The normalized spacial score (nSPS) is 28.0. The van der Waals surface area contributed by atoms with Gasteiger partial charge in [0.2, 0.25) is 11.8 Å². The van der Waals surface area contributed by atoms with Gasteiger partial charge in [0.1, 0.15) is 11.6 Å². The van der Waals surface area contributed by atoms with E-state index in [0.29, 0.717) is 12.5 Å². The fourth-order valence-corrected chi connectivity index (χ4v) is 3.05. The maximum atomic E-state index is 12.3. The van der Waals surface area contributed by atoms with Gasteiger partial charge in [-0.15, -0.1) is 0 Å². The van der Waals surface area contributed by atoms with E-state index in [1.807, 2.05) is 4.90 Å². The number of carbonyl (C=O) groups excluding carboxylic acids is 2. The van der Waals surface area contributed by atoms with Gasteiger partial charge in [-0.1, -0.05) is 26.7 Å². The summed E-state index contributed by atoms with van der Waals surface area (Å²) < 4.78 is 0. The lowest BCUT2D eigenvalue weighted by molar-refractivity contribution is -0.157. The van der Waals surface area contributed by atoms with Crippen molar-refractivity contribution in [2.45, 2.75) is 58.0 Å². The number of amides is 2. The van der Waals surface area contributed by atoms with Gasteiger partial charge in [-0.2, -0.15) is 0 Å². The molecular weight excluding hydrogens is 216 g/mol. The van der Waals surface area contributed by atoms with E-state index in [1.165, 1.54) is 0 Å². The lowest BCUT2D eigenvalue weighted by Gasteiger charge is -2.46. The summed E-state index contributed by atoms with van der Waals surface area (Å²) in [4.78, 5) is 26.4. The lowest BCUT2D eigenvalue weighted by atomic mass is 9.89. The van der Waals surface area contributed by atoms with Gasteiger partial charge in [-0.25, -0.2) is 0 Å². The van der Waals surface area contributed by atoms with Crippen molar-refractivity contribution in [1.82, 2.24) is 10.2 Å². The number of carbonyl (C=O) groups is 2. The lowest BCUT2D eigenvalue weighted by Crippen LogP contribution is -2.69. The first kappa shape index (κ1) is 12.4. The van der Waals surface area contributed by atoms with Crippen LogP contribution in [-0.4, -0.2) is 34.8 Å². The van der Waals surface area contributed by atoms with Crippen LogP contribution >= 0.6 is 0 Å². The van der Waals surface area contributed by atoms with E-state index in [-0.39, 0.29) is 17.9 Å². The zero-order valence-corrected chi connectivity index (χ0v) is 11.0. The van der Waals surface area contributed by atoms with Crippen LogP contribution in [0.15, 0.2) is 0 Å². The Morgan fingerprint density at radius 3 is 2.47 bits per heavy atom. The van der Waals surface area contributed by atoms with E-state index >= 15 is 0 Å². The van der Waals surface area contributed by atoms with Crippen molar-refractivity contribution in [1.29, 1.82) is 0 Å². The molecule has 4 nitrogen and oxygen atoms in total. The highest BCUT2D eigenvalue weighted by molar-refractivity contribution is 5.99. The molecule has 1 unspecified atom stereocenters. The number of nitrogens with zero attached hydrogens (tertiary/aromatic N) is 1. The molecule has 2 aliphatic rings. The Morgan fingerprint density at radius 1 is 1.35 bits per heavy atom. The van der Waals surface area contributed by atoms with E-state index in [9.17, 15) is 9.59 Å². The first-order chi connectivity index (χ1) is 7.97. The molecule has 1 saturated carbocycles. The molecule has 0 aromatic rings. The summed E-state index contributed by atoms with van der Waals surface area (Å²) in [6.45, 7) is 6.65. The highest BCUT2D eigenvalue weighted by Crippen LogP contribution is 2.38. The van der Waals surface area contributed by atoms with E-state index in [4.69, 9.17) is 0 Å². The molecular formula is C13H22N2O2. The molecule has 1 N–H and O–H groups in total. The SMILES string of the molecule is CC(C)CN1C(=O)C(C)NC(=O)C12CCCC2. The quantitative estimate of drug-likeness (QED) is 0.788. The topological polar surface area (TPSA) is 49.4 Å². The molecule has 1 aliphatic carbocycles. The first-order valence-electron chi connectivity index (χ1n) is 6.60. The second kappa shape index (κ2) is 4.31. The molecule has 2 fully saturated rings. The third-order valence-corrected chi connectivity index (χ3v) is 3.90. The van der Waals surface area contributed by atoms with Gasteiger partial charge < -0.3 is 10.2 Å². The van der Waals surface area contributed by atoms with Crippen LogP contribution in [0, 0.1) is 5.92 Å². The number of rotatable bonds is 2. The zero-order valence-electron chi connectivity index (χ0n) is 11.0. The number of hydrogen-bond acceptors (Lipinski definition) is 2. The average Bonchev–Trinajstić information content (AvgIpc) is 2.72. The molecule has 1 aliphatic heterocycles. The Morgan fingerprint density at radius 2 is 1.94 bits per heavy atom. The van der Waals surface area contributed by atoms with Crippen molar-refractivity contribution < 1.29 is 9.59 Å². The fraction of sp³-hybridized carbons (Fsp3) is 0.846. The van der Waals surface area contributed by atoms with Crippen LogP contribution in [0.3, 0.4) is 0 Å². The van der Waals surface area contributed by atoms with Gasteiger partial charge in [-0.3, -0.25) is 9.59 Å². The number of hydrogen-bond donors (Lipinski definition) is 1. The maximum absolute atomic E-state index is 12.3. The second-order valence-corrected chi connectivity index (χ2v) is 5.78. The molecule has 0 radical (unpaired) electrons. The predicted octanol–water partition coefficient (Wildman–Crippen LogP) is 1.30. The Balaban J connectivity index is 2.31. The van der Waals surface area contributed by atoms with Crippen LogP contribution in [0.2, 0.25) is 0 Å². The minimum Gasteiger partial charge on any atom is -0.343 e. The molecule has 1 spiro atoms. The Labute approximate surface area is 103 Å². The van der Waals surface area contributed by atoms with Crippen molar-refractivity contribution in [3.8, 4) is 0 Å². The van der Waals surface area contributed by atoms with Gasteiger partial charge >= 0.3 is 0 Å². The Hall–Kier alpha value is -1.06. The van der Waals surface area contributed by atoms with Crippen LogP contribution < -0.4 is 5.32 Å². The van der Waals surface area contributed by atoms with Crippen LogP contribution in [0.25, 0.3) is 0 Å². The maximum Gasteiger partial charge on any atom is 0.246 e. The van der Waals surface area contributed by atoms with Gasteiger partial charge in [0.05, 0.1) is 0 Å². The summed E-state index contributed by atoms with van der Waals surface area (Å²) in [7, 11) is 0. The molecule has 0 aromatic carbocycles. The van der Waals surface area contributed by atoms with Crippen LogP contribution in [0.1, 0.15) is 46.5 Å². The zero-order chi connectivity index (χ0) is 12.6. The largest absolute Gasteiger partial charge is 0.343 e. The smallest absolute Gasteiger partial charge is 0.246 e. The Bertz CT molecular complexity index is 332.